The molecule has 0 fully saturated rings. The standard InChI is InChI=1S/C11H13N3O3S/c1-7-3-9(17-13-7)5-14-8(2)4-12-11(14)18-6-10(15)16/h3-4H,5-6H2,1-2H3,(H,15,16). The van der Waals surface area contributed by atoms with Crippen LogP contribution in [0.4, 0.5) is 0 Å². The van der Waals surface area contributed by atoms with Crippen LogP contribution in [0.5, 0.6) is 0 Å². The molecule has 0 saturated carbocycles. The lowest BCUT2D eigenvalue weighted by molar-refractivity contribution is -0.133. The van der Waals surface area contributed by atoms with Crippen LogP contribution in [0.1, 0.15) is 17.1 Å². The molecule has 0 saturated heterocycles. The monoisotopic (exact) mass is 267 g/mol. The fourth-order valence-corrected chi connectivity index (χ4v) is 2.26. The van der Waals surface area contributed by atoms with E-state index in [1.54, 1.807) is 6.20 Å². The Morgan fingerprint density at radius 2 is 2.33 bits per heavy atom. The Morgan fingerprint density at radius 1 is 1.56 bits per heavy atom. The summed E-state index contributed by atoms with van der Waals surface area (Å²) in [5.74, 6) is -0.139. The third-order valence-corrected chi connectivity index (χ3v) is 3.31. The van der Waals surface area contributed by atoms with E-state index in [1.165, 1.54) is 11.8 Å². The van der Waals surface area contributed by atoms with Gasteiger partial charge in [-0.3, -0.25) is 4.79 Å². The molecule has 0 spiro atoms. The Hall–Kier alpha value is -1.76. The molecule has 96 valence electrons. The number of aryl methyl sites for hydroxylation is 2. The van der Waals surface area contributed by atoms with Gasteiger partial charge in [-0.25, -0.2) is 4.98 Å². The molecule has 0 aliphatic rings. The van der Waals surface area contributed by atoms with Crippen molar-refractivity contribution in [2.75, 3.05) is 5.75 Å². The van der Waals surface area contributed by atoms with Gasteiger partial charge >= 0.3 is 5.97 Å². The van der Waals surface area contributed by atoms with Crippen molar-refractivity contribution in [1.82, 2.24) is 14.7 Å². The van der Waals surface area contributed by atoms with Gasteiger partial charge in [0.2, 0.25) is 0 Å². The van der Waals surface area contributed by atoms with Crippen LogP contribution in [0.25, 0.3) is 0 Å². The number of hydrogen-bond donors (Lipinski definition) is 1. The highest BCUT2D eigenvalue weighted by Crippen LogP contribution is 2.19. The summed E-state index contributed by atoms with van der Waals surface area (Å²) in [5, 5.41) is 13.2. The Bertz CT molecular complexity index is 562. The number of hydrogen-bond acceptors (Lipinski definition) is 5. The predicted molar refractivity (Wildman–Crippen MR) is 65.7 cm³/mol. The number of aromatic nitrogens is 3. The van der Waals surface area contributed by atoms with Crippen molar-refractivity contribution in [1.29, 1.82) is 0 Å². The molecule has 2 aromatic heterocycles. The van der Waals surface area contributed by atoms with Crippen molar-refractivity contribution in [3.05, 3.63) is 29.4 Å². The number of thioether (sulfide) groups is 1. The van der Waals surface area contributed by atoms with E-state index in [2.05, 4.69) is 10.1 Å². The zero-order chi connectivity index (χ0) is 13.1. The van der Waals surface area contributed by atoms with E-state index >= 15 is 0 Å². The van der Waals surface area contributed by atoms with Gasteiger partial charge < -0.3 is 14.2 Å². The van der Waals surface area contributed by atoms with E-state index in [0.717, 1.165) is 17.1 Å². The number of nitrogens with zero attached hydrogens (tertiary/aromatic N) is 3. The SMILES string of the molecule is Cc1cc(Cn2c(C)cnc2SCC(=O)O)on1. The first-order valence-electron chi connectivity index (χ1n) is 5.35. The molecule has 0 atom stereocenters. The zero-order valence-corrected chi connectivity index (χ0v) is 10.9. The first kappa shape index (κ1) is 12.7. The molecule has 0 bridgehead atoms. The number of aliphatic carboxylic acids is 1. The van der Waals surface area contributed by atoms with Crippen LogP contribution >= 0.6 is 11.8 Å². The largest absolute Gasteiger partial charge is 0.481 e. The highest BCUT2D eigenvalue weighted by molar-refractivity contribution is 7.99. The Kier molecular flexibility index (Phi) is 3.71. The van der Waals surface area contributed by atoms with Gasteiger partial charge in [0.1, 0.15) is 0 Å². The van der Waals surface area contributed by atoms with Gasteiger partial charge in [-0.15, -0.1) is 0 Å². The minimum absolute atomic E-state index is 0.00805. The molecule has 0 radical (unpaired) electrons. The van der Waals surface area contributed by atoms with Crippen molar-refractivity contribution >= 4 is 17.7 Å². The third-order valence-electron chi connectivity index (χ3n) is 2.33. The highest BCUT2D eigenvalue weighted by Gasteiger charge is 2.12. The second-order valence-corrected chi connectivity index (χ2v) is 4.83. The van der Waals surface area contributed by atoms with Gasteiger partial charge in [0.25, 0.3) is 0 Å². The van der Waals surface area contributed by atoms with Crippen LogP contribution in [0.2, 0.25) is 0 Å². The maximum absolute atomic E-state index is 10.6. The molecule has 6 nitrogen and oxygen atoms in total. The molecule has 7 heteroatoms. The summed E-state index contributed by atoms with van der Waals surface area (Å²) < 4.78 is 7.06. The summed E-state index contributed by atoms with van der Waals surface area (Å²) in [7, 11) is 0. The Morgan fingerprint density at radius 3 is 2.94 bits per heavy atom. The molecule has 0 aromatic carbocycles. The van der Waals surface area contributed by atoms with Crippen molar-refractivity contribution < 1.29 is 14.4 Å². The fourth-order valence-electron chi connectivity index (χ4n) is 1.52. The van der Waals surface area contributed by atoms with Crippen molar-refractivity contribution in [3.63, 3.8) is 0 Å². The van der Waals surface area contributed by atoms with Crippen molar-refractivity contribution in [2.24, 2.45) is 0 Å². The molecule has 2 rings (SSSR count). The molecule has 2 aromatic rings. The van der Waals surface area contributed by atoms with E-state index in [0.29, 0.717) is 11.7 Å². The maximum Gasteiger partial charge on any atom is 0.313 e. The maximum atomic E-state index is 10.6. The Labute approximate surface area is 108 Å². The lowest BCUT2D eigenvalue weighted by Gasteiger charge is -2.06. The number of imidazole rings is 1. The molecule has 2 heterocycles. The average Bonchev–Trinajstić information content (AvgIpc) is 2.85. The summed E-state index contributed by atoms with van der Waals surface area (Å²) in [6.45, 7) is 4.28. The second-order valence-electron chi connectivity index (χ2n) is 3.89. The van der Waals surface area contributed by atoms with E-state index in [1.807, 2.05) is 24.5 Å². The van der Waals surface area contributed by atoms with Gasteiger partial charge in [-0.1, -0.05) is 16.9 Å². The van der Waals surface area contributed by atoms with Crippen LogP contribution in [-0.4, -0.2) is 31.5 Å². The van der Waals surface area contributed by atoms with Crippen molar-refractivity contribution in [3.8, 4) is 0 Å². The second kappa shape index (κ2) is 5.26. The normalized spacial score (nSPS) is 10.8. The summed E-state index contributed by atoms with van der Waals surface area (Å²) in [6.07, 6.45) is 1.72. The summed E-state index contributed by atoms with van der Waals surface area (Å²) in [6, 6.07) is 1.85. The summed E-state index contributed by atoms with van der Waals surface area (Å²) in [5.41, 5.74) is 1.78. The van der Waals surface area contributed by atoms with Gasteiger partial charge in [0.15, 0.2) is 10.9 Å². The minimum atomic E-state index is -0.859. The van der Waals surface area contributed by atoms with Crippen LogP contribution < -0.4 is 0 Å². The average molecular weight is 267 g/mol. The first-order valence-corrected chi connectivity index (χ1v) is 6.33. The fraction of sp³-hybridized carbons (Fsp3) is 0.364. The van der Waals surface area contributed by atoms with Crippen LogP contribution in [0, 0.1) is 13.8 Å². The molecule has 0 aliphatic heterocycles. The van der Waals surface area contributed by atoms with Crippen molar-refractivity contribution in [2.45, 2.75) is 25.5 Å². The number of carboxylic acids is 1. The minimum Gasteiger partial charge on any atom is -0.481 e. The predicted octanol–water partition coefficient (Wildman–Crippen LogP) is 1.71. The smallest absolute Gasteiger partial charge is 0.313 e. The van der Waals surface area contributed by atoms with E-state index in [-0.39, 0.29) is 5.75 Å². The van der Waals surface area contributed by atoms with Crippen LogP contribution in [-0.2, 0) is 11.3 Å². The van der Waals surface area contributed by atoms with Crippen LogP contribution in [0.3, 0.4) is 0 Å². The molecule has 0 aliphatic carbocycles. The van der Waals surface area contributed by atoms with E-state index in [9.17, 15) is 4.79 Å². The number of rotatable bonds is 5. The molecule has 1 N–H and O–H groups in total. The summed E-state index contributed by atoms with van der Waals surface area (Å²) in [4.78, 5) is 14.8. The molecule has 18 heavy (non-hydrogen) atoms. The van der Waals surface area contributed by atoms with Gasteiger partial charge in [-0.05, 0) is 13.8 Å². The topological polar surface area (TPSA) is 81.2 Å². The molecular weight excluding hydrogens is 254 g/mol. The number of carboxylic acid groups (broad SMARTS) is 1. The zero-order valence-electron chi connectivity index (χ0n) is 10.1. The van der Waals surface area contributed by atoms with Gasteiger partial charge in [0, 0.05) is 18.0 Å². The molecule has 0 amide bonds. The van der Waals surface area contributed by atoms with Gasteiger partial charge in [0.05, 0.1) is 18.0 Å². The lowest BCUT2D eigenvalue weighted by atomic mass is 10.4. The van der Waals surface area contributed by atoms with Gasteiger partial charge in [-0.2, -0.15) is 0 Å². The lowest BCUT2D eigenvalue weighted by Crippen LogP contribution is -2.05. The quantitative estimate of drug-likeness (QED) is 0.831. The van der Waals surface area contributed by atoms with Crippen LogP contribution in [0.15, 0.2) is 21.9 Å². The summed E-state index contributed by atoms with van der Waals surface area (Å²) >= 11 is 1.19. The highest BCUT2D eigenvalue weighted by atomic mass is 32.2. The van der Waals surface area contributed by atoms with E-state index < -0.39 is 5.97 Å². The third kappa shape index (κ3) is 2.92. The first-order chi connectivity index (χ1) is 8.56. The molecular formula is C11H13N3O3S. The number of carbonyl (C=O) groups is 1. The molecule has 0 unspecified atom stereocenters. The van der Waals surface area contributed by atoms with E-state index in [4.69, 9.17) is 9.63 Å². The Balaban J connectivity index is 2.16.